The van der Waals surface area contributed by atoms with Gasteiger partial charge in [-0.15, -0.1) is 0 Å². The van der Waals surface area contributed by atoms with Gasteiger partial charge in [-0.2, -0.15) is 0 Å². The molecule has 87 heavy (non-hydrogen) atoms. The zero-order valence-electron chi connectivity index (χ0n) is 48.6. The van der Waals surface area contributed by atoms with E-state index in [0.717, 1.165) is 0 Å². The monoisotopic (exact) mass is 1100 g/mol. The molecule has 2 nitrogen and oxygen atoms in total. The van der Waals surface area contributed by atoms with Crippen molar-refractivity contribution < 1.29 is 0 Å². The highest BCUT2D eigenvalue weighted by Crippen LogP contribution is 2.53. The number of hydrogen-bond acceptors (Lipinski definition) is 0. The molecule has 15 aromatic carbocycles. The van der Waals surface area contributed by atoms with Crippen molar-refractivity contribution in [3.8, 4) is 55.9 Å². The minimum atomic E-state index is -0.149. The van der Waals surface area contributed by atoms with E-state index >= 15 is 0 Å². The Kier molecular flexibility index (Phi) is 8.55. The molecule has 0 saturated heterocycles. The fourth-order valence-electron chi connectivity index (χ4n) is 18.0. The van der Waals surface area contributed by atoms with Crippen LogP contribution >= 0.6 is 0 Å². The molecule has 0 bridgehead atoms. The van der Waals surface area contributed by atoms with Gasteiger partial charge in [0.1, 0.15) is 0 Å². The lowest BCUT2D eigenvalue weighted by atomic mass is 9.33. The van der Waals surface area contributed by atoms with Gasteiger partial charge in [0.05, 0.1) is 16.6 Å². The third-order valence-electron chi connectivity index (χ3n) is 21.8. The topological polar surface area (TPSA) is 9.86 Å². The first-order valence-electron chi connectivity index (χ1n) is 31.0. The summed E-state index contributed by atoms with van der Waals surface area (Å²) in [4.78, 5) is 0. The van der Waals surface area contributed by atoms with Crippen molar-refractivity contribution in [2.24, 2.45) is 0 Å². The van der Waals surface area contributed by atoms with E-state index in [-0.39, 0.29) is 17.5 Å². The van der Waals surface area contributed by atoms with Crippen molar-refractivity contribution in [1.29, 1.82) is 0 Å². The lowest BCUT2D eigenvalue weighted by Gasteiger charge is -2.35. The fourth-order valence-corrected chi connectivity index (χ4v) is 18.0. The molecule has 3 heteroatoms. The Morgan fingerprint density at radius 3 is 1.30 bits per heavy atom. The van der Waals surface area contributed by atoms with Crippen molar-refractivity contribution in [2.45, 2.75) is 38.5 Å². The van der Waals surface area contributed by atoms with Crippen LogP contribution in [0, 0.1) is 0 Å². The van der Waals surface area contributed by atoms with Gasteiger partial charge in [0.2, 0.25) is 0 Å². The molecule has 2 aliphatic heterocycles. The van der Waals surface area contributed by atoms with E-state index in [0.29, 0.717) is 0 Å². The van der Waals surface area contributed by atoms with Crippen LogP contribution in [0.25, 0.3) is 164 Å². The van der Waals surface area contributed by atoms with Crippen LogP contribution in [0.5, 0.6) is 0 Å². The predicted octanol–water partition coefficient (Wildman–Crippen LogP) is 19.9. The van der Waals surface area contributed by atoms with Gasteiger partial charge in [-0.25, -0.2) is 0 Å². The van der Waals surface area contributed by atoms with Gasteiger partial charge in [0.15, 0.2) is 0 Å². The van der Waals surface area contributed by atoms with Crippen LogP contribution in [0.3, 0.4) is 0 Å². The van der Waals surface area contributed by atoms with E-state index < -0.39 is 0 Å². The van der Waals surface area contributed by atoms with Crippen molar-refractivity contribution >= 4 is 131 Å². The lowest BCUT2D eigenvalue weighted by Crippen LogP contribution is -2.59. The third kappa shape index (κ3) is 5.66. The zero-order chi connectivity index (χ0) is 57.1. The van der Waals surface area contributed by atoms with Gasteiger partial charge < -0.3 is 9.13 Å². The van der Waals surface area contributed by atoms with Gasteiger partial charge in [-0.05, 0) is 208 Å². The Balaban J connectivity index is 0.921. The van der Waals surface area contributed by atoms with Crippen LogP contribution in [-0.4, -0.2) is 15.8 Å². The SMILES string of the molecule is CC1(C)c2ccccc2-c2ccc(-c3ccc4c(c3)c3cc(-c5ccc6c(c5)C(C)(C)c5ccccc5-6)cc5c3n4-c3cccc4c3B5c3c5c6ccccc6c6ccccc6c5cc5c6cc7c8ccccc8c8ccccc8c7cc6n-4c35)cc21. The first-order valence-corrected chi connectivity index (χ1v) is 31.0. The number of fused-ring (bicyclic) bond motifs is 29. The van der Waals surface area contributed by atoms with Gasteiger partial charge in [0, 0.05) is 49.3 Å². The van der Waals surface area contributed by atoms with E-state index in [2.05, 4.69) is 286 Å². The Hall–Kier alpha value is -10.5. The number of benzene rings is 15. The molecule has 2 aromatic heterocycles. The second kappa shape index (κ2) is 15.9. The molecule has 0 atom stereocenters. The predicted molar refractivity (Wildman–Crippen MR) is 371 cm³/mol. The molecular weight excluding hydrogens is 1050 g/mol. The molecule has 0 spiro atoms. The summed E-state index contributed by atoms with van der Waals surface area (Å²) < 4.78 is 5.36. The van der Waals surface area contributed by atoms with Crippen LogP contribution in [0.4, 0.5) is 0 Å². The minimum Gasteiger partial charge on any atom is -0.310 e. The van der Waals surface area contributed by atoms with Crippen molar-refractivity contribution in [3.63, 3.8) is 0 Å². The first kappa shape index (κ1) is 46.8. The van der Waals surface area contributed by atoms with Crippen LogP contribution in [0.1, 0.15) is 49.9 Å². The molecular formula is C84H53BN2. The second-order valence-electron chi connectivity index (χ2n) is 26.6. The van der Waals surface area contributed by atoms with E-state index in [4.69, 9.17) is 0 Å². The molecule has 17 aromatic rings. The number of nitrogens with zero attached hydrogens (tertiary/aromatic N) is 2. The van der Waals surface area contributed by atoms with Gasteiger partial charge in [0.25, 0.3) is 6.71 Å². The summed E-state index contributed by atoms with van der Waals surface area (Å²) >= 11 is 0. The zero-order valence-corrected chi connectivity index (χ0v) is 48.6. The molecule has 402 valence electrons. The molecule has 4 heterocycles. The van der Waals surface area contributed by atoms with Gasteiger partial charge >= 0.3 is 0 Å². The fraction of sp³-hybridized carbons (Fsp3) is 0.0714. The Morgan fingerprint density at radius 1 is 0.264 bits per heavy atom. The first-order chi connectivity index (χ1) is 42.7. The molecule has 0 N–H and O–H groups in total. The summed E-state index contributed by atoms with van der Waals surface area (Å²) in [6, 6.07) is 96.6. The quantitative estimate of drug-likeness (QED) is 0.121. The Morgan fingerprint density at radius 2 is 0.690 bits per heavy atom. The van der Waals surface area contributed by atoms with E-state index in [1.807, 2.05) is 0 Å². The Labute approximate surface area is 502 Å². The normalized spacial score (nSPS) is 14.6. The van der Waals surface area contributed by atoms with E-state index in [9.17, 15) is 0 Å². The number of aromatic nitrogens is 2. The summed E-state index contributed by atoms with van der Waals surface area (Å²) in [5.41, 5.74) is 27.4. The maximum absolute atomic E-state index is 2.70. The maximum atomic E-state index is 2.70. The molecule has 0 amide bonds. The smallest absolute Gasteiger partial charge is 0.253 e. The molecule has 0 radical (unpaired) electrons. The highest BCUT2D eigenvalue weighted by atomic mass is 15.0. The van der Waals surface area contributed by atoms with Crippen molar-refractivity contribution in [2.75, 3.05) is 0 Å². The van der Waals surface area contributed by atoms with Crippen LogP contribution < -0.4 is 16.4 Å². The molecule has 21 rings (SSSR count). The Bertz CT molecular complexity index is 6140. The second-order valence-corrected chi connectivity index (χ2v) is 26.6. The summed E-state index contributed by atoms with van der Waals surface area (Å²) in [6.45, 7) is 9.50. The number of hydrogen-bond donors (Lipinski definition) is 0. The van der Waals surface area contributed by atoms with Crippen LogP contribution in [0.2, 0.25) is 0 Å². The lowest BCUT2D eigenvalue weighted by molar-refractivity contribution is 0.660. The van der Waals surface area contributed by atoms with E-state index in [1.54, 1.807) is 0 Å². The highest BCUT2D eigenvalue weighted by Gasteiger charge is 2.44. The van der Waals surface area contributed by atoms with E-state index in [1.165, 1.54) is 203 Å². The molecule has 2 aliphatic carbocycles. The third-order valence-corrected chi connectivity index (χ3v) is 21.8. The summed E-state index contributed by atoms with van der Waals surface area (Å²) in [7, 11) is 0. The highest BCUT2D eigenvalue weighted by molar-refractivity contribution is 7.02. The summed E-state index contributed by atoms with van der Waals surface area (Å²) in [6.07, 6.45) is 0. The standard InChI is InChI=1S/C84H53BN2/c1-83(2)69-28-15-13-25-57(69)59-35-32-47(40-71(59)83)46-34-37-74-64(38-46)67-39-49(48-33-36-60-58-26-14-16-29-70(58)84(3,4)72(60)41-48)42-73-81(67)86(74)75-30-17-31-76-79(75)85(73)80-78-61-27-12-11-21-53(61)52-20-7-10-24-56(52)66(78)44-68-65-43-62-54-22-8-5-18-50(54)51-19-6-9-23-55(51)63(62)45-77(65)87(76)82(68)80/h5-45H,1-4H3. The summed E-state index contributed by atoms with van der Waals surface area (Å²) in [5, 5.41) is 20.7. The molecule has 0 unspecified atom stereocenters. The maximum Gasteiger partial charge on any atom is 0.253 e. The van der Waals surface area contributed by atoms with Crippen LogP contribution in [-0.2, 0) is 10.8 Å². The molecule has 4 aliphatic rings. The number of rotatable bonds is 2. The largest absolute Gasteiger partial charge is 0.310 e. The molecule has 0 fully saturated rings. The minimum absolute atomic E-state index is 0.108. The average Bonchev–Trinajstić information content (AvgIpc) is 1.73. The average molecular weight is 1100 g/mol. The summed E-state index contributed by atoms with van der Waals surface area (Å²) in [5.74, 6) is 0. The van der Waals surface area contributed by atoms with Gasteiger partial charge in [-0.3, -0.25) is 0 Å². The van der Waals surface area contributed by atoms with Crippen LogP contribution in [0.15, 0.2) is 249 Å². The van der Waals surface area contributed by atoms with Crippen molar-refractivity contribution in [1.82, 2.24) is 9.13 Å². The van der Waals surface area contributed by atoms with Crippen molar-refractivity contribution in [3.05, 3.63) is 271 Å². The van der Waals surface area contributed by atoms with Gasteiger partial charge in [-0.1, -0.05) is 216 Å². The molecule has 0 saturated carbocycles.